The highest BCUT2D eigenvalue weighted by atomic mass is 35.5. The van der Waals surface area contributed by atoms with E-state index in [1.165, 1.54) is 0 Å². The summed E-state index contributed by atoms with van der Waals surface area (Å²) in [6.45, 7) is 0. The van der Waals surface area contributed by atoms with Crippen LogP contribution in [0.3, 0.4) is 0 Å². The Balaban J connectivity index is 3.03. The first-order valence-corrected chi connectivity index (χ1v) is 3.77. The Bertz CT molecular complexity index is 276. The summed E-state index contributed by atoms with van der Waals surface area (Å²) >= 11 is 16.1. The zero-order chi connectivity index (χ0) is 8.27. The molecule has 2 nitrogen and oxygen atoms in total. The molecule has 0 bridgehead atoms. The molecule has 0 aromatic rings. The van der Waals surface area contributed by atoms with E-state index in [2.05, 4.69) is 9.02 Å². The molecule has 11 heavy (non-hydrogen) atoms. The largest absolute Gasteiger partial charge is 0.176 e. The second-order valence-corrected chi connectivity index (χ2v) is 2.58. The van der Waals surface area contributed by atoms with Gasteiger partial charge in [-0.05, 0) is 18.2 Å². The van der Waals surface area contributed by atoms with Crippen molar-refractivity contribution >= 4 is 46.6 Å². The van der Waals surface area contributed by atoms with Crippen molar-refractivity contribution in [2.75, 3.05) is 0 Å². The Morgan fingerprint density at radius 1 is 1.00 bits per heavy atom. The number of allylic oxidation sites excluding steroid dienone is 4. The van der Waals surface area contributed by atoms with Crippen LogP contribution in [0, 0.1) is 0 Å². The Labute approximate surface area is 79.1 Å². The lowest BCUT2D eigenvalue weighted by Gasteiger charge is -2.02. The lowest BCUT2D eigenvalue weighted by molar-refractivity contribution is 1.76. The van der Waals surface area contributed by atoms with E-state index in [-0.39, 0.29) is 0 Å². The van der Waals surface area contributed by atoms with Gasteiger partial charge in [-0.15, -0.1) is 0 Å². The van der Waals surface area contributed by atoms with E-state index in [1.807, 2.05) is 0 Å². The summed E-state index contributed by atoms with van der Waals surface area (Å²) in [6.07, 6.45) is 4.88. The van der Waals surface area contributed by atoms with E-state index in [1.54, 1.807) is 18.2 Å². The maximum atomic E-state index is 5.65. The lowest BCUT2D eigenvalue weighted by atomic mass is 10.1. The van der Waals surface area contributed by atoms with Crippen molar-refractivity contribution < 1.29 is 0 Å². The molecule has 0 aromatic heterocycles. The lowest BCUT2D eigenvalue weighted by Crippen LogP contribution is -2.10. The third-order valence-electron chi connectivity index (χ3n) is 1.12. The maximum Gasteiger partial charge on any atom is 0.106 e. The average Bonchev–Trinajstić information content (AvgIpc) is 2.04. The topological polar surface area (TPSA) is 24.7 Å². The number of rotatable bonds is 0. The van der Waals surface area contributed by atoms with Crippen molar-refractivity contribution in [3.05, 3.63) is 23.3 Å². The van der Waals surface area contributed by atoms with Gasteiger partial charge in [-0.3, -0.25) is 0 Å². The van der Waals surface area contributed by atoms with Gasteiger partial charge in [-0.1, -0.05) is 11.6 Å². The van der Waals surface area contributed by atoms with Crippen LogP contribution < -0.4 is 0 Å². The van der Waals surface area contributed by atoms with Crippen molar-refractivity contribution in [2.45, 2.75) is 0 Å². The Kier molecular flexibility index (Phi) is 3.12. The first-order chi connectivity index (χ1) is 5.27. The fourth-order valence-electron chi connectivity index (χ4n) is 0.636. The summed E-state index contributed by atoms with van der Waals surface area (Å²) in [5.74, 6) is 0. The predicted molar refractivity (Wildman–Crippen MR) is 49.7 cm³/mol. The minimum Gasteiger partial charge on any atom is -0.176 e. The normalized spacial score (nSPS) is 24.5. The third-order valence-corrected chi connectivity index (χ3v) is 1.72. The molecule has 0 N–H and O–H groups in total. The fraction of sp³-hybridized carbons (Fsp3) is 0. The zero-order valence-corrected chi connectivity index (χ0v) is 7.53. The first kappa shape index (κ1) is 8.78. The van der Waals surface area contributed by atoms with E-state index < -0.39 is 0 Å². The van der Waals surface area contributed by atoms with Crippen LogP contribution in [-0.4, -0.2) is 11.4 Å². The molecule has 0 aliphatic heterocycles. The minimum absolute atomic E-state index is 0.467. The molecule has 0 heterocycles. The zero-order valence-electron chi connectivity index (χ0n) is 5.26. The SMILES string of the molecule is ClN=C1C=CC(Cl)=CC1=NCl. The van der Waals surface area contributed by atoms with Gasteiger partial charge in [0.2, 0.25) is 0 Å². The molecule has 0 saturated heterocycles. The van der Waals surface area contributed by atoms with Gasteiger partial charge in [0, 0.05) is 28.6 Å². The highest BCUT2D eigenvalue weighted by molar-refractivity contribution is 6.57. The van der Waals surface area contributed by atoms with Crippen LogP contribution in [0.1, 0.15) is 0 Å². The van der Waals surface area contributed by atoms with Crippen molar-refractivity contribution in [1.82, 2.24) is 0 Å². The summed E-state index contributed by atoms with van der Waals surface area (Å²) in [5, 5.41) is 0.550. The first-order valence-electron chi connectivity index (χ1n) is 2.71. The van der Waals surface area contributed by atoms with Crippen LogP contribution in [0.4, 0.5) is 0 Å². The molecule has 0 radical (unpaired) electrons. The Morgan fingerprint density at radius 3 is 2.18 bits per heavy atom. The summed E-state index contributed by atoms with van der Waals surface area (Å²) in [5.41, 5.74) is 0.972. The molecule has 1 rings (SSSR count). The number of nitrogens with zero attached hydrogens (tertiary/aromatic N) is 2. The maximum absolute atomic E-state index is 5.65. The Hall–Kier alpha value is -0.310. The van der Waals surface area contributed by atoms with Gasteiger partial charge in [0.25, 0.3) is 0 Å². The monoisotopic (exact) mass is 208 g/mol. The highest BCUT2D eigenvalue weighted by Gasteiger charge is 2.08. The fourth-order valence-corrected chi connectivity index (χ4v) is 1.08. The molecular formula is C6H3Cl3N2. The quantitative estimate of drug-likeness (QED) is 0.548. The second kappa shape index (κ2) is 3.90. The molecule has 58 valence electrons. The second-order valence-electron chi connectivity index (χ2n) is 1.80. The number of halogens is 3. The highest BCUT2D eigenvalue weighted by Crippen LogP contribution is 2.11. The van der Waals surface area contributed by atoms with Crippen molar-refractivity contribution in [2.24, 2.45) is 9.02 Å². The van der Waals surface area contributed by atoms with Gasteiger partial charge in [0.05, 0.1) is 0 Å². The number of hydrogen-bond donors (Lipinski definition) is 0. The minimum atomic E-state index is 0.467. The Morgan fingerprint density at radius 2 is 1.64 bits per heavy atom. The van der Waals surface area contributed by atoms with Gasteiger partial charge in [-0.2, -0.15) is 9.02 Å². The van der Waals surface area contributed by atoms with Crippen LogP contribution in [0.5, 0.6) is 0 Å². The molecule has 1 aliphatic carbocycles. The molecule has 0 unspecified atom stereocenters. The molecule has 0 aromatic carbocycles. The van der Waals surface area contributed by atoms with Gasteiger partial charge >= 0.3 is 0 Å². The summed E-state index contributed by atoms with van der Waals surface area (Å²) in [6, 6.07) is 0. The van der Waals surface area contributed by atoms with Crippen LogP contribution in [0.2, 0.25) is 0 Å². The van der Waals surface area contributed by atoms with Crippen LogP contribution >= 0.6 is 35.2 Å². The molecule has 1 aliphatic rings. The van der Waals surface area contributed by atoms with Gasteiger partial charge < -0.3 is 0 Å². The summed E-state index contributed by atoms with van der Waals surface area (Å²) in [4.78, 5) is 0. The van der Waals surface area contributed by atoms with E-state index in [0.717, 1.165) is 0 Å². The molecule has 0 amide bonds. The molecule has 5 heteroatoms. The molecule has 0 atom stereocenters. The van der Waals surface area contributed by atoms with Gasteiger partial charge in [0.15, 0.2) is 0 Å². The van der Waals surface area contributed by atoms with E-state index >= 15 is 0 Å². The summed E-state index contributed by atoms with van der Waals surface area (Å²) in [7, 11) is 0. The molecule has 0 fully saturated rings. The molecule has 0 saturated carbocycles. The van der Waals surface area contributed by atoms with E-state index in [9.17, 15) is 0 Å². The van der Waals surface area contributed by atoms with E-state index in [0.29, 0.717) is 16.5 Å². The van der Waals surface area contributed by atoms with Crippen LogP contribution in [-0.2, 0) is 0 Å². The van der Waals surface area contributed by atoms with Crippen LogP contribution in [0.15, 0.2) is 32.3 Å². The smallest absolute Gasteiger partial charge is 0.106 e. The van der Waals surface area contributed by atoms with Crippen molar-refractivity contribution in [3.8, 4) is 0 Å². The van der Waals surface area contributed by atoms with Gasteiger partial charge in [0.1, 0.15) is 11.4 Å². The van der Waals surface area contributed by atoms with Crippen molar-refractivity contribution in [3.63, 3.8) is 0 Å². The van der Waals surface area contributed by atoms with Crippen LogP contribution in [0.25, 0.3) is 0 Å². The molecule has 0 spiro atoms. The van der Waals surface area contributed by atoms with Crippen molar-refractivity contribution in [1.29, 1.82) is 0 Å². The number of hydrogen-bond acceptors (Lipinski definition) is 2. The van der Waals surface area contributed by atoms with Gasteiger partial charge in [-0.25, -0.2) is 0 Å². The van der Waals surface area contributed by atoms with E-state index in [4.69, 9.17) is 35.2 Å². The summed E-state index contributed by atoms with van der Waals surface area (Å²) < 4.78 is 6.83. The third kappa shape index (κ3) is 2.06. The predicted octanol–water partition coefficient (Wildman–Crippen LogP) is 2.87. The average molecular weight is 209 g/mol. The standard InChI is InChI=1S/C6H3Cl3N2/c7-4-1-2-5(10-8)6(3-4)11-9/h1-3H. The molecular weight excluding hydrogens is 206 g/mol.